The Morgan fingerprint density at radius 1 is 1.22 bits per heavy atom. The van der Waals surface area contributed by atoms with E-state index in [2.05, 4.69) is 6.58 Å². The summed E-state index contributed by atoms with van der Waals surface area (Å²) in [5.41, 5.74) is -1.65. The van der Waals surface area contributed by atoms with E-state index in [4.69, 9.17) is 9.84 Å². The molecule has 0 saturated heterocycles. The topological polar surface area (TPSA) is 101 Å². The fourth-order valence-corrected chi connectivity index (χ4v) is 2.28. The van der Waals surface area contributed by atoms with E-state index >= 15 is 0 Å². The van der Waals surface area contributed by atoms with Gasteiger partial charge in [0.25, 0.3) is 0 Å². The highest BCUT2D eigenvalue weighted by Gasteiger charge is 2.45. The number of carbonyl (C=O) groups is 3. The van der Waals surface area contributed by atoms with Gasteiger partial charge in [-0.15, -0.1) is 0 Å². The summed E-state index contributed by atoms with van der Waals surface area (Å²) in [5.74, 6) is -3.64. The zero-order chi connectivity index (χ0) is 17.6. The number of benzene rings is 1. The average Bonchev–Trinajstić information content (AvgIpc) is 2.52. The maximum Gasteiger partial charge on any atom is 0.332 e. The molecule has 0 spiro atoms. The molecule has 0 amide bonds. The van der Waals surface area contributed by atoms with Crippen LogP contribution in [0.25, 0.3) is 0 Å². The third-order valence-corrected chi connectivity index (χ3v) is 3.87. The molecule has 6 heteroatoms. The van der Waals surface area contributed by atoms with Crippen LogP contribution < -0.4 is 0 Å². The van der Waals surface area contributed by atoms with Gasteiger partial charge in [0, 0.05) is 5.57 Å². The van der Waals surface area contributed by atoms with Gasteiger partial charge in [0.15, 0.2) is 0 Å². The van der Waals surface area contributed by atoms with Crippen molar-refractivity contribution in [3.8, 4) is 0 Å². The second-order valence-electron chi connectivity index (χ2n) is 5.24. The standard InChI is InChI=1S/C17H20O6/c1-4-17(16(21)22,11(2)15(19)20)10-14(18)23-12(3)13-8-6-5-7-9-13/h5-9,12H,2,4,10H2,1,3H3,(H,19,20)(H,21,22). The molecule has 0 aromatic heterocycles. The average molecular weight is 320 g/mol. The van der Waals surface area contributed by atoms with Crippen molar-refractivity contribution in [2.75, 3.05) is 0 Å². The van der Waals surface area contributed by atoms with Crippen molar-refractivity contribution < 1.29 is 29.3 Å². The molecule has 6 nitrogen and oxygen atoms in total. The van der Waals surface area contributed by atoms with Crippen molar-refractivity contribution in [2.24, 2.45) is 5.41 Å². The maximum absolute atomic E-state index is 12.1. The van der Waals surface area contributed by atoms with Gasteiger partial charge < -0.3 is 14.9 Å². The van der Waals surface area contributed by atoms with E-state index < -0.39 is 41.4 Å². The van der Waals surface area contributed by atoms with Crippen LogP contribution in [-0.2, 0) is 19.1 Å². The van der Waals surface area contributed by atoms with E-state index in [1.807, 2.05) is 6.07 Å². The highest BCUT2D eigenvalue weighted by atomic mass is 16.5. The fraction of sp³-hybridized carbons (Fsp3) is 0.353. The van der Waals surface area contributed by atoms with Gasteiger partial charge in [-0.1, -0.05) is 43.8 Å². The van der Waals surface area contributed by atoms with Crippen molar-refractivity contribution in [1.82, 2.24) is 0 Å². The molecular formula is C17H20O6. The van der Waals surface area contributed by atoms with Crippen LogP contribution in [0.3, 0.4) is 0 Å². The highest BCUT2D eigenvalue weighted by molar-refractivity contribution is 5.98. The molecule has 0 saturated carbocycles. The SMILES string of the molecule is C=C(C(=O)O)C(CC)(CC(=O)OC(C)c1ccccc1)C(=O)O. The first-order valence-electron chi connectivity index (χ1n) is 7.15. The van der Waals surface area contributed by atoms with Crippen LogP contribution >= 0.6 is 0 Å². The lowest BCUT2D eigenvalue weighted by molar-refractivity contribution is -0.160. The van der Waals surface area contributed by atoms with Crippen LogP contribution in [-0.4, -0.2) is 28.1 Å². The molecule has 0 radical (unpaired) electrons. The Morgan fingerprint density at radius 3 is 2.22 bits per heavy atom. The summed E-state index contributed by atoms with van der Waals surface area (Å²) in [6.45, 7) is 6.48. The Morgan fingerprint density at radius 2 is 1.78 bits per heavy atom. The van der Waals surface area contributed by atoms with Crippen molar-refractivity contribution in [3.05, 3.63) is 48.0 Å². The summed E-state index contributed by atoms with van der Waals surface area (Å²) < 4.78 is 5.24. The van der Waals surface area contributed by atoms with Crippen LogP contribution in [0.1, 0.15) is 38.4 Å². The monoisotopic (exact) mass is 320 g/mol. The summed E-state index contributed by atoms with van der Waals surface area (Å²) in [4.78, 5) is 34.8. The molecular weight excluding hydrogens is 300 g/mol. The third-order valence-electron chi connectivity index (χ3n) is 3.87. The Hall–Kier alpha value is -2.63. The van der Waals surface area contributed by atoms with E-state index in [1.54, 1.807) is 31.2 Å². The van der Waals surface area contributed by atoms with Gasteiger partial charge in [0.1, 0.15) is 11.5 Å². The van der Waals surface area contributed by atoms with Gasteiger partial charge in [0.05, 0.1) is 6.42 Å². The zero-order valence-corrected chi connectivity index (χ0v) is 13.1. The van der Waals surface area contributed by atoms with Crippen LogP contribution in [0.2, 0.25) is 0 Å². The molecule has 0 heterocycles. The predicted octanol–water partition coefficient (Wildman–Crippen LogP) is 2.80. The van der Waals surface area contributed by atoms with Gasteiger partial charge in [-0.25, -0.2) is 4.79 Å². The maximum atomic E-state index is 12.1. The van der Waals surface area contributed by atoms with Gasteiger partial charge in [-0.3, -0.25) is 9.59 Å². The molecule has 1 aromatic rings. The summed E-state index contributed by atoms with van der Waals surface area (Å²) in [7, 11) is 0. The Bertz CT molecular complexity index is 607. The minimum Gasteiger partial charge on any atom is -0.481 e. The molecule has 0 aliphatic rings. The number of esters is 1. The minimum absolute atomic E-state index is 0.0811. The van der Waals surface area contributed by atoms with Crippen molar-refractivity contribution in [2.45, 2.75) is 32.8 Å². The number of carboxylic acid groups (broad SMARTS) is 2. The molecule has 2 N–H and O–H groups in total. The number of ether oxygens (including phenoxy) is 1. The van der Waals surface area contributed by atoms with Crippen molar-refractivity contribution in [3.63, 3.8) is 0 Å². The first-order valence-corrected chi connectivity index (χ1v) is 7.15. The predicted molar refractivity (Wildman–Crippen MR) is 82.7 cm³/mol. The molecule has 0 aliphatic carbocycles. The first-order chi connectivity index (χ1) is 10.7. The second-order valence-corrected chi connectivity index (χ2v) is 5.24. The van der Waals surface area contributed by atoms with E-state index in [-0.39, 0.29) is 6.42 Å². The Kier molecular flexibility index (Phi) is 6.07. The molecule has 1 aromatic carbocycles. The fourth-order valence-electron chi connectivity index (χ4n) is 2.28. The lowest BCUT2D eigenvalue weighted by atomic mass is 9.75. The van der Waals surface area contributed by atoms with E-state index in [0.29, 0.717) is 0 Å². The summed E-state index contributed by atoms with van der Waals surface area (Å²) in [6, 6.07) is 8.96. The number of carboxylic acids is 2. The molecule has 1 rings (SSSR count). The number of carbonyl (C=O) groups excluding carboxylic acids is 1. The second kappa shape index (κ2) is 7.58. The molecule has 0 bridgehead atoms. The quantitative estimate of drug-likeness (QED) is 0.564. The Balaban J connectivity index is 2.92. The molecule has 0 aliphatic heterocycles. The van der Waals surface area contributed by atoms with E-state index in [1.165, 1.54) is 6.92 Å². The largest absolute Gasteiger partial charge is 0.481 e. The van der Waals surface area contributed by atoms with E-state index in [9.17, 15) is 19.5 Å². The molecule has 124 valence electrons. The van der Waals surface area contributed by atoms with E-state index in [0.717, 1.165) is 5.56 Å². The number of aliphatic carboxylic acids is 2. The number of hydrogen-bond donors (Lipinski definition) is 2. The van der Waals surface area contributed by atoms with Gasteiger partial charge in [-0.05, 0) is 18.9 Å². The van der Waals surface area contributed by atoms with Crippen LogP contribution in [0.4, 0.5) is 0 Å². The zero-order valence-electron chi connectivity index (χ0n) is 13.1. The molecule has 2 atom stereocenters. The highest BCUT2D eigenvalue weighted by Crippen LogP contribution is 2.36. The third kappa shape index (κ3) is 4.18. The Labute approximate surface area is 134 Å². The number of hydrogen-bond acceptors (Lipinski definition) is 4. The van der Waals surface area contributed by atoms with Crippen molar-refractivity contribution in [1.29, 1.82) is 0 Å². The van der Waals surface area contributed by atoms with Crippen LogP contribution in [0.15, 0.2) is 42.5 Å². The summed E-state index contributed by atoms with van der Waals surface area (Å²) in [6.07, 6.45) is -1.23. The normalized spacial score (nSPS) is 14.3. The number of rotatable bonds is 8. The van der Waals surface area contributed by atoms with Gasteiger partial charge >= 0.3 is 17.9 Å². The molecule has 2 unspecified atom stereocenters. The molecule has 23 heavy (non-hydrogen) atoms. The lowest BCUT2D eigenvalue weighted by Crippen LogP contribution is -2.38. The molecule has 0 fully saturated rings. The smallest absolute Gasteiger partial charge is 0.332 e. The van der Waals surface area contributed by atoms with Crippen molar-refractivity contribution >= 4 is 17.9 Å². The first kappa shape index (κ1) is 18.4. The van der Waals surface area contributed by atoms with Gasteiger partial charge in [0.2, 0.25) is 0 Å². The lowest BCUT2D eigenvalue weighted by Gasteiger charge is -2.27. The minimum atomic E-state index is -1.88. The van der Waals surface area contributed by atoms with Crippen LogP contribution in [0, 0.1) is 5.41 Å². The summed E-state index contributed by atoms with van der Waals surface area (Å²) >= 11 is 0. The van der Waals surface area contributed by atoms with Gasteiger partial charge in [-0.2, -0.15) is 0 Å². The van der Waals surface area contributed by atoms with Crippen LogP contribution in [0.5, 0.6) is 0 Å². The summed E-state index contributed by atoms with van der Waals surface area (Å²) in [5, 5.41) is 18.5.